The molecule has 0 atom stereocenters. The second-order valence-corrected chi connectivity index (χ2v) is 5.16. The van der Waals surface area contributed by atoms with Crippen LogP contribution in [0.1, 0.15) is 32.0 Å². The molecule has 2 rings (SSSR count). The summed E-state index contributed by atoms with van der Waals surface area (Å²) in [5.41, 5.74) is 8.98. The number of para-hydroxylation sites is 2. The van der Waals surface area contributed by atoms with Crippen molar-refractivity contribution in [2.24, 2.45) is 5.73 Å². The van der Waals surface area contributed by atoms with Crippen molar-refractivity contribution in [1.29, 1.82) is 0 Å². The molecule has 0 fully saturated rings. The van der Waals surface area contributed by atoms with Crippen molar-refractivity contribution in [2.45, 2.75) is 39.2 Å². The van der Waals surface area contributed by atoms with Gasteiger partial charge in [0.25, 0.3) is 0 Å². The molecular weight excluding hydrogens is 234 g/mol. The molecule has 2 aromatic rings. The van der Waals surface area contributed by atoms with Crippen LogP contribution >= 0.6 is 0 Å². The number of rotatable bonds is 7. The van der Waals surface area contributed by atoms with Crippen LogP contribution in [0.15, 0.2) is 36.4 Å². The first-order chi connectivity index (χ1) is 9.22. The normalized spacial score (nSPS) is 11.1. The van der Waals surface area contributed by atoms with Gasteiger partial charge in [-0.2, -0.15) is 0 Å². The monoisotopic (exact) mass is 257 g/mol. The Bertz CT molecular complexity index is 554. The molecule has 0 aliphatic heterocycles. The van der Waals surface area contributed by atoms with Gasteiger partial charge in [-0.3, -0.25) is 0 Å². The quantitative estimate of drug-likeness (QED) is 0.611. The minimum Gasteiger partial charge on any atom is -0.330 e. The SMILES string of the molecule is C=C(C)Cn1c(CCCCCN)nc2ccccc21. The Kier molecular flexibility index (Phi) is 4.74. The van der Waals surface area contributed by atoms with Crippen molar-refractivity contribution in [3.63, 3.8) is 0 Å². The first-order valence-electron chi connectivity index (χ1n) is 7.01. The first-order valence-corrected chi connectivity index (χ1v) is 7.01. The molecule has 102 valence electrons. The highest BCUT2D eigenvalue weighted by atomic mass is 15.1. The zero-order valence-electron chi connectivity index (χ0n) is 11.7. The Labute approximate surface area is 115 Å². The van der Waals surface area contributed by atoms with Gasteiger partial charge in [0.15, 0.2) is 0 Å². The fourth-order valence-electron chi connectivity index (χ4n) is 2.37. The minimum absolute atomic E-state index is 0.780. The molecule has 3 nitrogen and oxygen atoms in total. The summed E-state index contributed by atoms with van der Waals surface area (Å²) in [6, 6.07) is 8.32. The van der Waals surface area contributed by atoms with Crippen molar-refractivity contribution in [3.05, 3.63) is 42.2 Å². The molecule has 0 aliphatic carbocycles. The van der Waals surface area contributed by atoms with Gasteiger partial charge in [-0.1, -0.05) is 30.7 Å². The highest BCUT2D eigenvalue weighted by molar-refractivity contribution is 5.76. The molecule has 0 aliphatic rings. The third kappa shape index (κ3) is 3.44. The first kappa shape index (κ1) is 13.8. The number of hydrogen-bond donors (Lipinski definition) is 1. The fourth-order valence-corrected chi connectivity index (χ4v) is 2.37. The Balaban J connectivity index is 2.22. The number of aryl methyl sites for hydroxylation is 1. The number of unbranched alkanes of at least 4 members (excludes halogenated alkanes) is 2. The lowest BCUT2D eigenvalue weighted by atomic mass is 10.2. The molecule has 0 amide bonds. The average Bonchev–Trinajstić information content (AvgIpc) is 2.73. The summed E-state index contributed by atoms with van der Waals surface area (Å²) in [5.74, 6) is 1.17. The molecule has 0 spiro atoms. The van der Waals surface area contributed by atoms with Crippen LogP contribution in [0.2, 0.25) is 0 Å². The van der Waals surface area contributed by atoms with Crippen molar-refractivity contribution in [2.75, 3.05) is 6.54 Å². The van der Waals surface area contributed by atoms with Gasteiger partial charge in [0.05, 0.1) is 11.0 Å². The van der Waals surface area contributed by atoms with E-state index >= 15 is 0 Å². The maximum absolute atomic E-state index is 5.53. The summed E-state index contributed by atoms with van der Waals surface area (Å²) in [7, 11) is 0. The Morgan fingerprint density at radius 3 is 2.79 bits per heavy atom. The number of allylic oxidation sites excluding steroid dienone is 1. The van der Waals surface area contributed by atoms with Crippen LogP contribution in [0.5, 0.6) is 0 Å². The number of nitrogens with two attached hydrogens (primary N) is 1. The van der Waals surface area contributed by atoms with Gasteiger partial charge in [0.2, 0.25) is 0 Å². The van der Waals surface area contributed by atoms with E-state index < -0.39 is 0 Å². The van der Waals surface area contributed by atoms with E-state index in [2.05, 4.69) is 36.3 Å². The van der Waals surface area contributed by atoms with Gasteiger partial charge < -0.3 is 10.3 Å². The molecule has 0 unspecified atom stereocenters. The van der Waals surface area contributed by atoms with E-state index in [-0.39, 0.29) is 0 Å². The van der Waals surface area contributed by atoms with E-state index in [0.29, 0.717) is 0 Å². The largest absolute Gasteiger partial charge is 0.330 e. The van der Waals surface area contributed by atoms with Gasteiger partial charge >= 0.3 is 0 Å². The van der Waals surface area contributed by atoms with Crippen LogP contribution in [0, 0.1) is 0 Å². The number of aromatic nitrogens is 2. The summed E-state index contributed by atoms with van der Waals surface area (Å²) >= 11 is 0. The zero-order chi connectivity index (χ0) is 13.7. The Hall–Kier alpha value is -1.61. The highest BCUT2D eigenvalue weighted by Crippen LogP contribution is 2.18. The maximum atomic E-state index is 5.53. The highest BCUT2D eigenvalue weighted by Gasteiger charge is 2.09. The van der Waals surface area contributed by atoms with Gasteiger partial charge in [0.1, 0.15) is 5.82 Å². The predicted octanol–water partition coefficient (Wildman–Crippen LogP) is 3.28. The van der Waals surface area contributed by atoms with Crippen LogP contribution < -0.4 is 5.73 Å². The lowest BCUT2D eigenvalue weighted by Gasteiger charge is -2.08. The van der Waals surface area contributed by atoms with Gasteiger partial charge in [-0.25, -0.2) is 4.98 Å². The van der Waals surface area contributed by atoms with E-state index in [1.807, 2.05) is 6.07 Å². The standard InChI is InChI=1S/C16H23N3/c1-13(2)12-19-15-9-6-5-8-14(15)18-16(19)10-4-3-7-11-17/h5-6,8-9H,1,3-4,7,10-12,17H2,2H3. The number of benzene rings is 1. The topological polar surface area (TPSA) is 43.8 Å². The zero-order valence-corrected chi connectivity index (χ0v) is 11.7. The Morgan fingerprint density at radius 2 is 2.05 bits per heavy atom. The van der Waals surface area contributed by atoms with Crippen molar-refractivity contribution in [3.8, 4) is 0 Å². The van der Waals surface area contributed by atoms with E-state index in [1.165, 1.54) is 17.8 Å². The summed E-state index contributed by atoms with van der Waals surface area (Å²) in [6.45, 7) is 7.72. The molecular formula is C16H23N3. The molecule has 0 bridgehead atoms. The molecule has 0 radical (unpaired) electrons. The lowest BCUT2D eigenvalue weighted by Crippen LogP contribution is -2.05. The number of hydrogen-bond acceptors (Lipinski definition) is 2. The molecule has 1 aromatic heterocycles. The molecule has 0 saturated heterocycles. The smallest absolute Gasteiger partial charge is 0.110 e. The van der Waals surface area contributed by atoms with Gasteiger partial charge in [-0.15, -0.1) is 0 Å². The van der Waals surface area contributed by atoms with Crippen LogP contribution in [-0.2, 0) is 13.0 Å². The third-order valence-corrected chi connectivity index (χ3v) is 3.27. The van der Waals surface area contributed by atoms with Crippen LogP contribution in [0.4, 0.5) is 0 Å². The third-order valence-electron chi connectivity index (χ3n) is 3.27. The second-order valence-electron chi connectivity index (χ2n) is 5.16. The molecule has 1 heterocycles. The van der Waals surface area contributed by atoms with Crippen molar-refractivity contribution < 1.29 is 0 Å². The molecule has 19 heavy (non-hydrogen) atoms. The lowest BCUT2D eigenvalue weighted by molar-refractivity contribution is 0.642. The van der Waals surface area contributed by atoms with E-state index in [0.717, 1.165) is 43.4 Å². The summed E-state index contributed by atoms with van der Waals surface area (Å²) in [4.78, 5) is 4.75. The summed E-state index contributed by atoms with van der Waals surface area (Å²) in [6.07, 6.45) is 4.44. The molecule has 2 N–H and O–H groups in total. The summed E-state index contributed by atoms with van der Waals surface area (Å²) < 4.78 is 2.29. The minimum atomic E-state index is 0.780. The van der Waals surface area contributed by atoms with Crippen molar-refractivity contribution in [1.82, 2.24) is 9.55 Å². The van der Waals surface area contributed by atoms with Crippen LogP contribution in [0.25, 0.3) is 11.0 Å². The Morgan fingerprint density at radius 1 is 1.26 bits per heavy atom. The van der Waals surface area contributed by atoms with Crippen LogP contribution in [-0.4, -0.2) is 16.1 Å². The van der Waals surface area contributed by atoms with Crippen molar-refractivity contribution >= 4 is 11.0 Å². The second kappa shape index (κ2) is 6.53. The van der Waals surface area contributed by atoms with Gasteiger partial charge in [0, 0.05) is 13.0 Å². The number of fused-ring (bicyclic) bond motifs is 1. The number of imidazole rings is 1. The van der Waals surface area contributed by atoms with E-state index in [1.54, 1.807) is 0 Å². The molecule has 0 saturated carbocycles. The average molecular weight is 257 g/mol. The molecule has 3 heteroatoms. The molecule has 1 aromatic carbocycles. The number of nitrogens with zero attached hydrogens (tertiary/aromatic N) is 2. The van der Waals surface area contributed by atoms with E-state index in [9.17, 15) is 0 Å². The predicted molar refractivity (Wildman–Crippen MR) is 81.2 cm³/mol. The maximum Gasteiger partial charge on any atom is 0.110 e. The fraction of sp³-hybridized carbons (Fsp3) is 0.438. The van der Waals surface area contributed by atoms with E-state index in [4.69, 9.17) is 10.7 Å². The summed E-state index contributed by atoms with van der Waals surface area (Å²) in [5, 5.41) is 0. The van der Waals surface area contributed by atoms with Gasteiger partial charge in [-0.05, 0) is 38.4 Å². The van der Waals surface area contributed by atoms with Crippen LogP contribution in [0.3, 0.4) is 0 Å².